The number of rotatable bonds is 5. The molecule has 1 fully saturated rings. The molecule has 2 rings (SSSR count). The zero-order valence-corrected chi connectivity index (χ0v) is 13.4. The van der Waals surface area contributed by atoms with Crippen molar-refractivity contribution in [1.82, 2.24) is 10.6 Å². The minimum Gasteiger partial charge on any atom is -0.378 e. The monoisotopic (exact) mass is 334 g/mol. The van der Waals surface area contributed by atoms with Gasteiger partial charge in [0.05, 0.1) is 12.1 Å². The maximum atomic E-state index is 13.7. The van der Waals surface area contributed by atoms with Crippen LogP contribution in [-0.4, -0.2) is 38.3 Å². The minimum atomic E-state index is -0.618. The molecule has 1 amide bonds. The predicted octanol–water partition coefficient (Wildman–Crippen LogP) is 1.98. The van der Waals surface area contributed by atoms with E-state index in [2.05, 4.69) is 10.6 Å². The van der Waals surface area contributed by atoms with Crippen LogP contribution >= 0.6 is 12.4 Å². The maximum absolute atomic E-state index is 13.7. The lowest BCUT2D eigenvalue weighted by Crippen LogP contribution is -2.43. The fraction of sp³-hybridized carbons (Fsp3) is 0.533. The van der Waals surface area contributed by atoms with Crippen molar-refractivity contribution < 1.29 is 18.3 Å². The Bertz CT molecular complexity index is 516. The summed E-state index contributed by atoms with van der Waals surface area (Å²) in [6.07, 6.45) is 0.0991. The Hall–Kier alpha value is -1.24. The lowest BCUT2D eigenvalue weighted by molar-refractivity contribution is -0.122. The highest BCUT2D eigenvalue weighted by Crippen LogP contribution is 2.22. The molecule has 0 aromatic heterocycles. The van der Waals surface area contributed by atoms with Crippen LogP contribution in [0.1, 0.15) is 24.8 Å². The van der Waals surface area contributed by atoms with Gasteiger partial charge in [-0.2, -0.15) is 0 Å². The standard InChI is InChI=1S/C15H20F2N2O2.ClH/c1-9(11-4-3-10(16)6-12(11)17)5-15(20)19-13-7-18-8-14(13)21-2;/h3-4,6,9,13-14,18H,5,7-8H2,1-2H3,(H,19,20);1H. The number of ether oxygens (including phenoxy) is 1. The number of amides is 1. The van der Waals surface area contributed by atoms with Crippen LogP contribution in [0.25, 0.3) is 0 Å². The first-order valence-electron chi connectivity index (χ1n) is 6.99. The van der Waals surface area contributed by atoms with E-state index >= 15 is 0 Å². The molecule has 1 aliphatic rings. The van der Waals surface area contributed by atoms with Crippen molar-refractivity contribution in [2.24, 2.45) is 0 Å². The average molecular weight is 335 g/mol. The maximum Gasteiger partial charge on any atom is 0.220 e. The van der Waals surface area contributed by atoms with Crippen molar-refractivity contribution in [2.75, 3.05) is 20.2 Å². The second-order valence-corrected chi connectivity index (χ2v) is 5.38. The number of carbonyl (C=O) groups is 1. The van der Waals surface area contributed by atoms with Gasteiger partial charge < -0.3 is 15.4 Å². The highest BCUT2D eigenvalue weighted by Gasteiger charge is 2.28. The molecule has 3 unspecified atom stereocenters. The summed E-state index contributed by atoms with van der Waals surface area (Å²) in [4.78, 5) is 12.0. The Morgan fingerprint density at radius 3 is 2.82 bits per heavy atom. The number of benzene rings is 1. The van der Waals surface area contributed by atoms with Crippen molar-refractivity contribution in [2.45, 2.75) is 31.4 Å². The first kappa shape index (κ1) is 18.8. The molecular formula is C15H21ClF2N2O2. The molecule has 1 aliphatic heterocycles. The van der Waals surface area contributed by atoms with Crippen molar-refractivity contribution in [3.63, 3.8) is 0 Å². The van der Waals surface area contributed by atoms with Crippen LogP contribution in [0.15, 0.2) is 18.2 Å². The molecule has 7 heteroatoms. The lowest BCUT2D eigenvalue weighted by atomic mass is 9.96. The normalized spacial score (nSPS) is 22.0. The molecule has 0 bridgehead atoms. The second-order valence-electron chi connectivity index (χ2n) is 5.38. The summed E-state index contributed by atoms with van der Waals surface area (Å²) in [5.41, 5.74) is 0.347. The molecule has 3 atom stereocenters. The number of hydrogen-bond donors (Lipinski definition) is 2. The van der Waals surface area contributed by atoms with Gasteiger partial charge >= 0.3 is 0 Å². The Balaban J connectivity index is 0.00000242. The third-order valence-corrected chi connectivity index (χ3v) is 3.79. The van der Waals surface area contributed by atoms with E-state index in [1.807, 2.05) is 0 Å². The molecular weight excluding hydrogens is 314 g/mol. The summed E-state index contributed by atoms with van der Waals surface area (Å²) in [6.45, 7) is 3.10. The predicted molar refractivity (Wildman–Crippen MR) is 82.2 cm³/mol. The van der Waals surface area contributed by atoms with E-state index in [1.54, 1.807) is 14.0 Å². The molecule has 1 aromatic rings. The van der Waals surface area contributed by atoms with E-state index in [9.17, 15) is 13.6 Å². The van der Waals surface area contributed by atoms with Gasteiger partial charge in [0.1, 0.15) is 11.6 Å². The molecule has 22 heavy (non-hydrogen) atoms. The molecule has 0 radical (unpaired) electrons. The number of methoxy groups -OCH3 is 1. The number of halogens is 3. The second kappa shape index (κ2) is 8.41. The number of nitrogens with one attached hydrogen (secondary N) is 2. The molecule has 1 aromatic carbocycles. The summed E-state index contributed by atoms with van der Waals surface area (Å²) in [6, 6.07) is 3.35. The molecule has 1 heterocycles. The van der Waals surface area contributed by atoms with Crippen molar-refractivity contribution in [3.8, 4) is 0 Å². The van der Waals surface area contributed by atoms with Crippen molar-refractivity contribution >= 4 is 18.3 Å². The molecule has 124 valence electrons. The number of hydrogen-bond acceptors (Lipinski definition) is 3. The summed E-state index contributed by atoms with van der Waals surface area (Å²) < 4.78 is 31.8. The van der Waals surface area contributed by atoms with Gasteiger partial charge in [-0.05, 0) is 17.5 Å². The molecule has 4 nitrogen and oxygen atoms in total. The first-order chi connectivity index (χ1) is 10.0. The molecule has 1 saturated heterocycles. The highest BCUT2D eigenvalue weighted by molar-refractivity contribution is 5.85. The summed E-state index contributed by atoms with van der Waals surface area (Å²) in [7, 11) is 1.60. The molecule has 0 spiro atoms. The van der Waals surface area contributed by atoms with E-state index in [4.69, 9.17) is 4.74 Å². The van der Waals surface area contributed by atoms with E-state index in [1.165, 1.54) is 12.1 Å². The van der Waals surface area contributed by atoms with Crippen LogP contribution in [0.4, 0.5) is 8.78 Å². The third kappa shape index (κ3) is 4.63. The summed E-state index contributed by atoms with van der Waals surface area (Å²) in [5, 5.41) is 6.03. The zero-order valence-electron chi connectivity index (χ0n) is 12.6. The zero-order chi connectivity index (χ0) is 15.4. The Kier molecular flexibility index (Phi) is 7.19. The van der Waals surface area contributed by atoms with Crippen molar-refractivity contribution in [3.05, 3.63) is 35.4 Å². The van der Waals surface area contributed by atoms with Crippen LogP contribution in [0.2, 0.25) is 0 Å². The largest absolute Gasteiger partial charge is 0.378 e. The Morgan fingerprint density at radius 2 is 2.18 bits per heavy atom. The van der Waals surface area contributed by atoms with Crippen LogP contribution in [0.3, 0.4) is 0 Å². The molecule has 0 aliphatic carbocycles. The Morgan fingerprint density at radius 1 is 1.45 bits per heavy atom. The van der Waals surface area contributed by atoms with Gasteiger partial charge in [-0.1, -0.05) is 13.0 Å². The molecule has 0 saturated carbocycles. The topological polar surface area (TPSA) is 50.4 Å². The Labute approximate surface area is 135 Å². The fourth-order valence-corrected chi connectivity index (χ4v) is 2.60. The third-order valence-electron chi connectivity index (χ3n) is 3.79. The summed E-state index contributed by atoms with van der Waals surface area (Å²) >= 11 is 0. The van der Waals surface area contributed by atoms with Gasteiger partial charge in [-0.15, -0.1) is 12.4 Å². The summed E-state index contributed by atoms with van der Waals surface area (Å²) in [5.74, 6) is -1.72. The van der Waals surface area contributed by atoms with Gasteiger partial charge in [0, 0.05) is 32.7 Å². The van der Waals surface area contributed by atoms with E-state index in [0.717, 1.165) is 6.07 Å². The van der Waals surface area contributed by atoms with Gasteiger partial charge in [0.15, 0.2) is 0 Å². The van der Waals surface area contributed by atoms with Crippen LogP contribution in [0.5, 0.6) is 0 Å². The lowest BCUT2D eigenvalue weighted by Gasteiger charge is -2.20. The van der Waals surface area contributed by atoms with Gasteiger partial charge in [-0.3, -0.25) is 4.79 Å². The van der Waals surface area contributed by atoms with Crippen LogP contribution < -0.4 is 10.6 Å². The van der Waals surface area contributed by atoms with Crippen molar-refractivity contribution in [1.29, 1.82) is 0 Å². The quantitative estimate of drug-likeness (QED) is 0.865. The number of carbonyl (C=O) groups excluding carboxylic acids is 1. The first-order valence-corrected chi connectivity index (χ1v) is 6.99. The SMILES string of the molecule is COC1CNCC1NC(=O)CC(C)c1ccc(F)cc1F.Cl. The highest BCUT2D eigenvalue weighted by atomic mass is 35.5. The smallest absolute Gasteiger partial charge is 0.220 e. The van der Waals surface area contributed by atoms with Crippen LogP contribution in [0, 0.1) is 11.6 Å². The van der Waals surface area contributed by atoms with Gasteiger partial charge in [-0.25, -0.2) is 8.78 Å². The average Bonchev–Trinajstić information content (AvgIpc) is 2.85. The van der Waals surface area contributed by atoms with Gasteiger partial charge in [0.2, 0.25) is 5.91 Å². The van der Waals surface area contributed by atoms with E-state index in [0.29, 0.717) is 18.7 Å². The fourth-order valence-electron chi connectivity index (χ4n) is 2.60. The van der Waals surface area contributed by atoms with E-state index in [-0.39, 0.29) is 42.8 Å². The van der Waals surface area contributed by atoms with Crippen LogP contribution in [-0.2, 0) is 9.53 Å². The van der Waals surface area contributed by atoms with E-state index < -0.39 is 11.6 Å². The molecule has 2 N–H and O–H groups in total. The van der Waals surface area contributed by atoms with Gasteiger partial charge in [0.25, 0.3) is 0 Å². The minimum absolute atomic E-state index is 0.